The summed E-state index contributed by atoms with van der Waals surface area (Å²) in [6.45, 7) is 0. The number of rotatable bonds is 2. The van der Waals surface area contributed by atoms with Gasteiger partial charge < -0.3 is 5.32 Å². The van der Waals surface area contributed by atoms with Crippen LogP contribution < -0.4 is 5.32 Å². The first-order chi connectivity index (χ1) is 10.3. The highest BCUT2D eigenvalue weighted by Gasteiger charge is 2.08. The van der Waals surface area contributed by atoms with Crippen molar-refractivity contribution < 1.29 is 0 Å². The molecule has 4 rings (SSSR count). The van der Waals surface area contributed by atoms with Gasteiger partial charge in [-0.15, -0.1) is 5.10 Å². The van der Waals surface area contributed by atoms with Gasteiger partial charge in [-0.05, 0) is 24.3 Å². The molecule has 0 saturated carbocycles. The lowest BCUT2D eigenvalue weighted by atomic mass is 10.1. The summed E-state index contributed by atoms with van der Waals surface area (Å²) in [5.74, 6) is 0.588. The molecule has 4 heterocycles. The summed E-state index contributed by atoms with van der Waals surface area (Å²) >= 11 is 0. The van der Waals surface area contributed by atoms with Crippen LogP contribution in [0, 0.1) is 0 Å². The lowest BCUT2D eigenvalue weighted by molar-refractivity contribution is 0.909. The highest BCUT2D eigenvalue weighted by atomic mass is 15.3. The summed E-state index contributed by atoms with van der Waals surface area (Å²) in [6.07, 6.45) is 7.30. The van der Waals surface area contributed by atoms with Crippen molar-refractivity contribution in [3.8, 4) is 11.1 Å². The molecule has 4 aromatic heterocycles. The van der Waals surface area contributed by atoms with Crippen LogP contribution >= 0.6 is 0 Å². The highest BCUT2D eigenvalue weighted by molar-refractivity contribution is 5.86. The van der Waals surface area contributed by atoms with Gasteiger partial charge in [0, 0.05) is 42.2 Å². The fourth-order valence-electron chi connectivity index (χ4n) is 2.37. The van der Waals surface area contributed by atoms with Crippen LogP contribution in [-0.2, 0) is 0 Å². The maximum Gasteiger partial charge on any atom is 0.240 e. The largest absolute Gasteiger partial charge is 0.356 e. The number of fused-ring (bicyclic) bond motifs is 2. The van der Waals surface area contributed by atoms with E-state index < -0.39 is 0 Å². The quantitative estimate of drug-likeness (QED) is 0.609. The van der Waals surface area contributed by atoms with Crippen LogP contribution in [0.3, 0.4) is 0 Å². The van der Waals surface area contributed by atoms with Gasteiger partial charge in [0.15, 0.2) is 5.65 Å². The SMILES string of the molecule is CNc1ncc2c(-c3cnc4ncccc4c3)ccn2n1. The molecule has 21 heavy (non-hydrogen) atoms. The predicted molar refractivity (Wildman–Crippen MR) is 81.1 cm³/mol. The molecule has 0 atom stereocenters. The van der Waals surface area contributed by atoms with E-state index in [2.05, 4.69) is 31.4 Å². The summed E-state index contributed by atoms with van der Waals surface area (Å²) in [5, 5.41) is 8.31. The molecule has 0 amide bonds. The molecule has 1 N–H and O–H groups in total. The Balaban J connectivity index is 1.91. The minimum atomic E-state index is 0.588. The second-order valence-electron chi connectivity index (χ2n) is 4.67. The van der Waals surface area contributed by atoms with Gasteiger partial charge in [-0.1, -0.05) is 0 Å². The maximum atomic E-state index is 4.40. The van der Waals surface area contributed by atoms with E-state index in [0.29, 0.717) is 5.95 Å². The Morgan fingerprint density at radius 3 is 2.95 bits per heavy atom. The molecule has 0 aliphatic rings. The van der Waals surface area contributed by atoms with E-state index >= 15 is 0 Å². The van der Waals surface area contributed by atoms with E-state index in [1.54, 1.807) is 13.2 Å². The highest BCUT2D eigenvalue weighted by Crippen LogP contribution is 2.26. The van der Waals surface area contributed by atoms with Crippen LogP contribution in [0.4, 0.5) is 5.95 Å². The zero-order valence-electron chi connectivity index (χ0n) is 11.4. The Kier molecular flexibility index (Phi) is 2.53. The minimum absolute atomic E-state index is 0.588. The van der Waals surface area contributed by atoms with Gasteiger partial charge in [-0.25, -0.2) is 19.5 Å². The zero-order valence-corrected chi connectivity index (χ0v) is 11.4. The van der Waals surface area contributed by atoms with Crippen molar-refractivity contribution in [2.75, 3.05) is 12.4 Å². The van der Waals surface area contributed by atoms with Crippen LogP contribution in [0.5, 0.6) is 0 Å². The number of pyridine rings is 2. The van der Waals surface area contributed by atoms with Crippen molar-refractivity contribution in [3.05, 3.63) is 49.1 Å². The summed E-state index contributed by atoms with van der Waals surface area (Å²) in [4.78, 5) is 12.9. The Bertz CT molecular complexity index is 943. The Labute approximate surface area is 120 Å². The molecule has 0 aliphatic heterocycles. The number of aromatic nitrogens is 5. The summed E-state index contributed by atoms with van der Waals surface area (Å²) in [7, 11) is 1.80. The van der Waals surface area contributed by atoms with E-state index in [4.69, 9.17) is 0 Å². The van der Waals surface area contributed by atoms with Gasteiger partial charge in [0.1, 0.15) is 0 Å². The first-order valence-corrected chi connectivity index (χ1v) is 6.58. The van der Waals surface area contributed by atoms with Crippen molar-refractivity contribution in [2.45, 2.75) is 0 Å². The van der Waals surface area contributed by atoms with Crippen molar-refractivity contribution in [2.24, 2.45) is 0 Å². The van der Waals surface area contributed by atoms with Gasteiger partial charge >= 0.3 is 0 Å². The molecular weight excluding hydrogens is 264 g/mol. The molecule has 0 spiro atoms. The third-order valence-corrected chi connectivity index (χ3v) is 3.41. The van der Waals surface area contributed by atoms with Crippen molar-refractivity contribution in [1.29, 1.82) is 0 Å². The molecule has 102 valence electrons. The standard InChI is InChI=1S/C15H12N6/c1-16-15-19-9-13-12(4-6-21(13)20-15)11-7-10-3-2-5-17-14(10)18-8-11/h2-9H,1H3,(H,16,20). The molecular formula is C15H12N6. The van der Waals surface area contributed by atoms with Gasteiger partial charge in [-0.2, -0.15) is 0 Å². The van der Waals surface area contributed by atoms with E-state index in [1.807, 2.05) is 41.3 Å². The first-order valence-electron chi connectivity index (χ1n) is 6.58. The lowest BCUT2D eigenvalue weighted by Gasteiger charge is -2.03. The van der Waals surface area contributed by atoms with E-state index in [9.17, 15) is 0 Å². The third-order valence-electron chi connectivity index (χ3n) is 3.41. The molecule has 4 aromatic rings. The first kappa shape index (κ1) is 11.8. The molecule has 0 bridgehead atoms. The zero-order chi connectivity index (χ0) is 14.2. The van der Waals surface area contributed by atoms with Gasteiger partial charge in [0.25, 0.3) is 0 Å². The van der Waals surface area contributed by atoms with Gasteiger partial charge in [0.2, 0.25) is 5.95 Å². The van der Waals surface area contributed by atoms with Gasteiger partial charge in [-0.3, -0.25) is 0 Å². The second-order valence-corrected chi connectivity index (χ2v) is 4.67. The van der Waals surface area contributed by atoms with Crippen molar-refractivity contribution >= 4 is 22.5 Å². The van der Waals surface area contributed by atoms with Crippen LogP contribution in [0.25, 0.3) is 27.7 Å². The Morgan fingerprint density at radius 1 is 1.10 bits per heavy atom. The average molecular weight is 276 g/mol. The Hall–Kier alpha value is -3.02. The fourth-order valence-corrected chi connectivity index (χ4v) is 2.37. The summed E-state index contributed by atoms with van der Waals surface area (Å²) in [5.41, 5.74) is 3.77. The maximum absolute atomic E-state index is 4.40. The van der Waals surface area contributed by atoms with Crippen LogP contribution in [0.2, 0.25) is 0 Å². The van der Waals surface area contributed by atoms with E-state index in [-0.39, 0.29) is 0 Å². The topological polar surface area (TPSA) is 68.0 Å². The number of hydrogen-bond donors (Lipinski definition) is 1. The molecule has 0 unspecified atom stereocenters. The van der Waals surface area contributed by atoms with Gasteiger partial charge in [0.05, 0.1) is 11.7 Å². The Morgan fingerprint density at radius 2 is 2.05 bits per heavy atom. The molecule has 0 radical (unpaired) electrons. The molecule has 6 heteroatoms. The predicted octanol–water partition coefficient (Wildman–Crippen LogP) is 2.38. The average Bonchev–Trinajstić information content (AvgIpc) is 2.97. The smallest absolute Gasteiger partial charge is 0.240 e. The summed E-state index contributed by atoms with van der Waals surface area (Å²) < 4.78 is 1.81. The molecule has 0 aliphatic carbocycles. The van der Waals surface area contributed by atoms with Crippen molar-refractivity contribution in [1.82, 2.24) is 24.6 Å². The van der Waals surface area contributed by atoms with Crippen LogP contribution in [-0.4, -0.2) is 31.6 Å². The normalized spacial score (nSPS) is 11.1. The summed E-state index contributed by atoms with van der Waals surface area (Å²) in [6, 6.07) is 8.01. The third kappa shape index (κ3) is 1.88. The molecule has 0 saturated heterocycles. The lowest BCUT2D eigenvalue weighted by Crippen LogP contribution is -2.00. The molecule has 0 fully saturated rings. The number of anilines is 1. The number of nitrogens with zero attached hydrogens (tertiary/aromatic N) is 5. The monoisotopic (exact) mass is 276 g/mol. The number of hydrogen-bond acceptors (Lipinski definition) is 5. The van der Waals surface area contributed by atoms with E-state index in [1.165, 1.54) is 0 Å². The molecule has 6 nitrogen and oxygen atoms in total. The second kappa shape index (κ2) is 4.52. The van der Waals surface area contributed by atoms with Crippen molar-refractivity contribution in [3.63, 3.8) is 0 Å². The fraction of sp³-hybridized carbons (Fsp3) is 0.0667. The van der Waals surface area contributed by atoms with Crippen LogP contribution in [0.15, 0.2) is 49.1 Å². The molecule has 0 aromatic carbocycles. The minimum Gasteiger partial charge on any atom is -0.356 e. The van der Waals surface area contributed by atoms with E-state index in [0.717, 1.165) is 27.7 Å². The van der Waals surface area contributed by atoms with Crippen LogP contribution in [0.1, 0.15) is 0 Å². The number of nitrogens with one attached hydrogen (secondary N) is 1.